The van der Waals surface area contributed by atoms with Gasteiger partial charge in [-0.2, -0.15) is 5.10 Å². The Bertz CT molecular complexity index is 798. The zero-order chi connectivity index (χ0) is 15.0. The first kappa shape index (κ1) is 13.6. The fraction of sp³-hybridized carbons (Fsp3) is 0.0833. The van der Waals surface area contributed by atoms with Gasteiger partial charge in [-0.3, -0.25) is 5.10 Å². The summed E-state index contributed by atoms with van der Waals surface area (Å²) in [5, 5.41) is 8.59. The molecule has 0 saturated carbocycles. The summed E-state index contributed by atoms with van der Waals surface area (Å²) in [6.07, 6.45) is 0.325. The first-order valence-corrected chi connectivity index (χ1v) is 6.67. The number of aromatic nitrogens is 4. The van der Waals surface area contributed by atoms with Crippen LogP contribution in [0.15, 0.2) is 17.5 Å². The van der Waals surface area contributed by atoms with Gasteiger partial charge in [0, 0.05) is 5.38 Å². The molecule has 3 N–H and O–H groups in total. The zero-order valence-electron chi connectivity index (χ0n) is 10.4. The minimum Gasteiger partial charge on any atom is -0.375 e. The van der Waals surface area contributed by atoms with Crippen LogP contribution in [0.3, 0.4) is 0 Å². The third-order valence-electron chi connectivity index (χ3n) is 2.73. The van der Waals surface area contributed by atoms with E-state index in [0.29, 0.717) is 23.1 Å². The average molecular weight is 311 g/mol. The van der Waals surface area contributed by atoms with E-state index in [1.165, 1.54) is 11.3 Å². The fourth-order valence-electron chi connectivity index (χ4n) is 1.77. The Morgan fingerprint density at radius 2 is 1.95 bits per heavy atom. The van der Waals surface area contributed by atoms with Crippen LogP contribution in [0, 0.1) is 17.5 Å². The summed E-state index contributed by atoms with van der Waals surface area (Å²) in [4.78, 5) is 8.10. The lowest BCUT2D eigenvalue weighted by Gasteiger charge is -1.99. The molecule has 0 aliphatic carbocycles. The van der Waals surface area contributed by atoms with E-state index in [4.69, 9.17) is 5.73 Å². The highest BCUT2D eigenvalue weighted by Gasteiger charge is 2.18. The minimum atomic E-state index is -1.55. The quantitative estimate of drug-likeness (QED) is 0.728. The second-order valence-electron chi connectivity index (χ2n) is 4.18. The Morgan fingerprint density at radius 3 is 2.67 bits per heavy atom. The van der Waals surface area contributed by atoms with Crippen LogP contribution in [0.2, 0.25) is 0 Å². The molecule has 3 aromatic rings. The van der Waals surface area contributed by atoms with E-state index < -0.39 is 17.5 Å². The van der Waals surface area contributed by atoms with Gasteiger partial charge in [0.2, 0.25) is 0 Å². The Kier molecular flexibility index (Phi) is 3.34. The van der Waals surface area contributed by atoms with E-state index in [-0.39, 0.29) is 11.4 Å². The Morgan fingerprint density at radius 1 is 1.14 bits per heavy atom. The van der Waals surface area contributed by atoms with Crippen molar-refractivity contribution < 1.29 is 13.2 Å². The van der Waals surface area contributed by atoms with Gasteiger partial charge in [-0.25, -0.2) is 23.1 Å². The number of anilines is 1. The monoisotopic (exact) mass is 311 g/mol. The highest BCUT2D eigenvalue weighted by atomic mass is 32.1. The van der Waals surface area contributed by atoms with Crippen LogP contribution in [-0.4, -0.2) is 20.2 Å². The fourth-order valence-corrected chi connectivity index (χ4v) is 2.33. The number of nitrogens with two attached hydrogens (primary N) is 1. The van der Waals surface area contributed by atoms with Crippen molar-refractivity contribution in [1.29, 1.82) is 0 Å². The summed E-state index contributed by atoms with van der Waals surface area (Å²) in [7, 11) is 0. The van der Waals surface area contributed by atoms with Crippen molar-refractivity contribution in [3.63, 3.8) is 0 Å². The molecule has 0 fully saturated rings. The SMILES string of the molecule is Nc1nc(Cc2nc(-c3ccc(F)c(F)c3F)n[nH]2)cs1. The molecule has 0 amide bonds. The number of nitrogens with zero attached hydrogens (tertiary/aromatic N) is 3. The van der Waals surface area contributed by atoms with Crippen molar-refractivity contribution in [2.24, 2.45) is 0 Å². The smallest absolute Gasteiger partial charge is 0.195 e. The normalized spacial score (nSPS) is 11.0. The number of hydrogen-bond acceptors (Lipinski definition) is 5. The number of nitrogens with one attached hydrogen (secondary N) is 1. The third kappa shape index (κ3) is 2.59. The minimum absolute atomic E-state index is 0.0513. The summed E-state index contributed by atoms with van der Waals surface area (Å²) >= 11 is 1.29. The number of halogens is 3. The Hall–Kier alpha value is -2.42. The molecule has 0 radical (unpaired) electrons. The summed E-state index contributed by atoms with van der Waals surface area (Å²) in [5.41, 5.74) is 5.99. The molecule has 2 heterocycles. The Balaban J connectivity index is 1.90. The molecule has 1 aromatic carbocycles. The molecule has 2 aromatic heterocycles. The third-order valence-corrected chi connectivity index (χ3v) is 3.45. The average Bonchev–Trinajstić information content (AvgIpc) is 3.06. The molecule has 5 nitrogen and oxygen atoms in total. The molecule has 0 unspecified atom stereocenters. The molecule has 108 valence electrons. The summed E-state index contributed by atoms with van der Waals surface area (Å²) < 4.78 is 39.7. The highest BCUT2D eigenvalue weighted by molar-refractivity contribution is 7.13. The van der Waals surface area contributed by atoms with Crippen LogP contribution in [0.1, 0.15) is 11.5 Å². The summed E-state index contributed by atoms with van der Waals surface area (Å²) in [6.45, 7) is 0. The van der Waals surface area contributed by atoms with Gasteiger partial charge in [-0.1, -0.05) is 0 Å². The number of hydrogen-bond donors (Lipinski definition) is 2. The van der Waals surface area contributed by atoms with Crippen LogP contribution in [0.5, 0.6) is 0 Å². The summed E-state index contributed by atoms with van der Waals surface area (Å²) in [5.74, 6) is -3.77. The van der Waals surface area contributed by atoms with Crippen molar-refractivity contribution in [1.82, 2.24) is 20.2 Å². The van der Waals surface area contributed by atoms with Gasteiger partial charge in [-0.05, 0) is 12.1 Å². The number of thiazole rings is 1. The molecule has 0 saturated heterocycles. The van der Waals surface area contributed by atoms with Crippen molar-refractivity contribution in [2.75, 3.05) is 5.73 Å². The van der Waals surface area contributed by atoms with E-state index in [1.807, 2.05) is 0 Å². The van der Waals surface area contributed by atoms with E-state index >= 15 is 0 Å². The van der Waals surface area contributed by atoms with E-state index in [9.17, 15) is 13.2 Å². The molecular weight excluding hydrogens is 303 g/mol. The van der Waals surface area contributed by atoms with Crippen LogP contribution >= 0.6 is 11.3 Å². The zero-order valence-corrected chi connectivity index (χ0v) is 11.2. The molecule has 0 aliphatic rings. The maximum atomic E-state index is 13.7. The van der Waals surface area contributed by atoms with Gasteiger partial charge in [-0.15, -0.1) is 11.3 Å². The van der Waals surface area contributed by atoms with Crippen LogP contribution in [0.4, 0.5) is 18.3 Å². The van der Waals surface area contributed by atoms with Crippen molar-refractivity contribution >= 4 is 16.5 Å². The van der Waals surface area contributed by atoms with E-state index in [0.717, 1.165) is 12.1 Å². The lowest BCUT2D eigenvalue weighted by molar-refractivity contribution is 0.448. The van der Waals surface area contributed by atoms with Gasteiger partial charge >= 0.3 is 0 Å². The topological polar surface area (TPSA) is 80.5 Å². The number of rotatable bonds is 3. The first-order valence-electron chi connectivity index (χ1n) is 5.79. The number of H-pyrrole nitrogens is 1. The molecule has 3 rings (SSSR count). The number of benzene rings is 1. The standard InChI is InChI=1S/C12H8F3N5S/c13-7-2-1-6(9(14)10(7)15)11-18-8(19-20-11)3-5-4-21-12(16)17-5/h1-2,4H,3H2,(H2,16,17)(H,18,19,20). The van der Waals surface area contributed by atoms with Crippen LogP contribution in [0.25, 0.3) is 11.4 Å². The van der Waals surface area contributed by atoms with Gasteiger partial charge < -0.3 is 5.73 Å². The van der Waals surface area contributed by atoms with Gasteiger partial charge in [0.1, 0.15) is 5.82 Å². The lowest BCUT2D eigenvalue weighted by Crippen LogP contribution is -1.95. The number of aromatic amines is 1. The largest absolute Gasteiger partial charge is 0.375 e. The highest BCUT2D eigenvalue weighted by Crippen LogP contribution is 2.23. The molecular formula is C12H8F3N5S. The lowest BCUT2D eigenvalue weighted by atomic mass is 10.2. The van der Waals surface area contributed by atoms with Crippen LogP contribution < -0.4 is 5.73 Å². The summed E-state index contributed by atoms with van der Waals surface area (Å²) in [6, 6.07) is 1.91. The van der Waals surface area contributed by atoms with Crippen molar-refractivity contribution in [3.8, 4) is 11.4 Å². The van der Waals surface area contributed by atoms with E-state index in [2.05, 4.69) is 20.2 Å². The van der Waals surface area contributed by atoms with Gasteiger partial charge in [0.15, 0.2) is 28.4 Å². The molecule has 0 atom stereocenters. The molecule has 21 heavy (non-hydrogen) atoms. The van der Waals surface area contributed by atoms with Crippen molar-refractivity contribution in [2.45, 2.75) is 6.42 Å². The molecule has 9 heteroatoms. The Labute approximate surface area is 120 Å². The van der Waals surface area contributed by atoms with Crippen LogP contribution in [-0.2, 0) is 6.42 Å². The second-order valence-corrected chi connectivity index (χ2v) is 5.07. The van der Waals surface area contributed by atoms with E-state index in [1.54, 1.807) is 5.38 Å². The molecule has 0 bridgehead atoms. The molecule has 0 aliphatic heterocycles. The van der Waals surface area contributed by atoms with Gasteiger partial charge in [0.05, 0.1) is 17.7 Å². The number of nitrogen functional groups attached to an aromatic ring is 1. The maximum absolute atomic E-state index is 13.7. The predicted molar refractivity (Wildman–Crippen MR) is 71.0 cm³/mol. The molecule has 0 spiro atoms. The predicted octanol–water partition coefficient (Wildman–Crippen LogP) is 2.52. The first-order chi connectivity index (χ1) is 10.0. The second kappa shape index (κ2) is 5.17. The van der Waals surface area contributed by atoms with Crippen molar-refractivity contribution in [3.05, 3.63) is 46.5 Å². The van der Waals surface area contributed by atoms with Gasteiger partial charge in [0.25, 0.3) is 0 Å². The maximum Gasteiger partial charge on any atom is 0.195 e.